The molecule has 3 aromatic carbocycles. The summed E-state index contributed by atoms with van der Waals surface area (Å²) < 4.78 is 43.4. The molecule has 0 saturated heterocycles. The molecule has 0 aromatic heterocycles. The lowest BCUT2D eigenvalue weighted by Crippen LogP contribution is -2.27. The third kappa shape index (κ3) is 6.25. The Hall–Kier alpha value is -3.27. The van der Waals surface area contributed by atoms with Crippen molar-refractivity contribution >= 4 is 33.2 Å². The Labute approximate surface area is 210 Å². The van der Waals surface area contributed by atoms with E-state index < -0.39 is 10.0 Å². The summed E-state index contributed by atoms with van der Waals surface area (Å²) in [5.41, 5.74) is 1.41. The molecule has 0 bridgehead atoms. The zero-order valence-corrected chi connectivity index (χ0v) is 21.4. The van der Waals surface area contributed by atoms with Crippen molar-refractivity contribution in [2.75, 3.05) is 33.2 Å². The van der Waals surface area contributed by atoms with Crippen molar-refractivity contribution in [3.05, 3.63) is 76.8 Å². The second kappa shape index (κ2) is 11.4. The molecule has 3 rings (SSSR count). The monoisotopic (exact) mass is 518 g/mol. The summed E-state index contributed by atoms with van der Waals surface area (Å²) >= 11 is 5.89. The Kier molecular flexibility index (Phi) is 8.61. The number of carbonyl (C=O) groups excluding carboxylic acids is 1. The molecule has 3 aromatic rings. The van der Waals surface area contributed by atoms with Gasteiger partial charge in [0.05, 0.1) is 25.7 Å². The number of hydrogen-bond acceptors (Lipinski definition) is 6. The third-order valence-corrected chi connectivity index (χ3v) is 7.25. The molecule has 186 valence electrons. The zero-order chi connectivity index (χ0) is 25.6. The predicted molar refractivity (Wildman–Crippen MR) is 135 cm³/mol. The van der Waals surface area contributed by atoms with E-state index in [2.05, 4.69) is 5.32 Å². The van der Waals surface area contributed by atoms with Gasteiger partial charge in [0.1, 0.15) is 5.75 Å². The predicted octanol–water partition coefficient (Wildman–Crippen LogP) is 4.83. The first-order valence-corrected chi connectivity index (χ1v) is 12.5. The maximum absolute atomic E-state index is 13.0. The average molecular weight is 519 g/mol. The van der Waals surface area contributed by atoms with Crippen LogP contribution in [0.15, 0.2) is 65.6 Å². The van der Waals surface area contributed by atoms with Crippen LogP contribution in [0.5, 0.6) is 17.2 Å². The molecule has 35 heavy (non-hydrogen) atoms. The van der Waals surface area contributed by atoms with Crippen molar-refractivity contribution in [2.45, 2.75) is 18.4 Å². The molecule has 0 unspecified atom stereocenters. The summed E-state index contributed by atoms with van der Waals surface area (Å²) in [7, 11) is 0.720. The van der Waals surface area contributed by atoms with Gasteiger partial charge in [-0.1, -0.05) is 11.6 Å². The number of nitrogens with one attached hydrogen (secondary N) is 1. The van der Waals surface area contributed by atoms with E-state index >= 15 is 0 Å². The molecule has 0 aliphatic carbocycles. The lowest BCUT2D eigenvalue weighted by atomic mass is 10.1. The molecular weight excluding hydrogens is 492 g/mol. The summed E-state index contributed by atoms with van der Waals surface area (Å²) in [4.78, 5) is 13.1. The molecule has 1 amide bonds. The topological polar surface area (TPSA) is 94.2 Å². The number of halogens is 1. The van der Waals surface area contributed by atoms with E-state index in [4.69, 9.17) is 25.8 Å². The van der Waals surface area contributed by atoms with E-state index in [1.807, 2.05) is 6.92 Å². The molecule has 0 fully saturated rings. The highest BCUT2D eigenvalue weighted by molar-refractivity contribution is 7.89. The van der Waals surface area contributed by atoms with Gasteiger partial charge in [-0.05, 0) is 61.5 Å². The smallest absolute Gasteiger partial charge is 0.255 e. The summed E-state index contributed by atoms with van der Waals surface area (Å²) in [6.45, 7) is 2.21. The van der Waals surface area contributed by atoms with Crippen molar-refractivity contribution in [3.8, 4) is 17.2 Å². The second-order valence-corrected chi connectivity index (χ2v) is 9.98. The Balaban J connectivity index is 1.86. The Morgan fingerprint density at radius 2 is 1.60 bits per heavy atom. The van der Waals surface area contributed by atoms with E-state index in [-0.39, 0.29) is 17.3 Å². The molecule has 0 spiro atoms. The lowest BCUT2D eigenvalue weighted by molar-refractivity contribution is 0.102. The standard InChI is InChI=1S/C25H27ClN2O6S/c1-5-34-22-12-6-17(25(29)27-20-9-13-23(32-3)24(15-20)33-4)14-18(22)16-28(2)35(30,31)21-10-7-19(26)8-11-21/h6-15H,5,16H2,1-4H3,(H,27,29). The van der Waals surface area contributed by atoms with Crippen LogP contribution in [0.2, 0.25) is 5.02 Å². The van der Waals surface area contributed by atoms with E-state index in [1.54, 1.807) is 36.4 Å². The largest absolute Gasteiger partial charge is 0.494 e. The van der Waals surface area contributed by atoms with Crippen molar-refractivity contribution in [1.82, 2.24) is 4.31 Å². The van der Waals surface area contributed by atoms with Gasteiger partial charge < -0.3 is 19.5 Å². The van der Waals surface area contributed by atoms with Crippen LogP contribution in [-0.4, -0.2) is 46.5 Å². The minimum atomic E-state index is -3.79. The van der Waals surface area contributed by atoms with Crippen LogP contribution in [-0.2, 0) is 16.6 Å². The summed E-state index contributed by atoms with van der Waals surface area (Å²) in [5.74, 6) is 1.14. The van der Waals surface area contributed by atoms with E-state index in [0.717, 1.165) is 0 Å². The van der Waals surface area contributed by atoms with Crippen LogP contribution in [0.4, 0.5) is 5.69 Å². The molecule has 0 atom stereocenters. The normalized spacial score (nSPS) is 11.3. The Morgan fingerprint density at radius 3 is 2.23 bits per heavy atom. The van der Waals surface area contributed by atoms with Crippen molar-refractivity contribution in [1.29, 1.82) is 0 Å². The second-order valence-electron chi connectivity index (χ2n) is 7.49. The number of benzene rings is 3. The first-order chi connectivity index (χ1) is 16.7. The lowest BCUT2D eigenvalue weighted by Gasteiger charge is -2.20. The number of methoxy groups -OCH3 is 2. The minimum absolute atomic E-state index is 0.00221. The fourth-order valence-corrected chi connectivity index (χ4v) is 4.64. The van der Waals surface area contributed by atoms with Crippen LogP contribution in [0.1, 0.15) is 22.8 Å². The minimum Gasteiger partial charge on any atom is -0.494 e. The Bertz CT molecular complexity index is 1300. The quantitative estimate of drug-likeness (QED) is 0.413. The molecule has 0 heterocycles. The SMILES string of the molecule is CCOc1ccc(C(=O)Nc2ccc(OC)c(OC)c2)cc1CN(C)S(=O)(=O)c1ccc(Cl)cc1. The highest BCUT2D eigenvalue weighted by Crippen LogP contribution is 2.30. The fraction of sp³-hybridized carbons (Fsp3) is 0.240. The van der Waals surface area contributed by atoms with Gasteiger partial charge in [0.15, 0.2) is 11.5 Å². The van der Waals surface area contributed by atoms with Gasteiger partial charge in [0, 0.05) is 41.5 Å². The average Bonchev–Trinajstić information content (AvgIpc) is 2.85. The number of hydrogen-bond donors (Lipinski definition) is 1. The number of amides is 1. The van der Waals surface area contributed by atoms with Crippen LogP contribution >= 0.6 is 11.6 Å². The maximum atomic E-state index is 13.0. The fourth-order valence-electron chi connectivity index (χ4n) is 3.37. The van der Waals surface area contributed by atoms with E-state index in [9.17, 15) is 13.2 Å². The summed E-state index contributed by atoms with van der Waals surface area (Å²) in [6, 6.07) is 15.9. The van der Waals surface area contributed by atoms with Crippen LogP contribution in [0.25, 0.3) is 0 Å². The molecular formula is C25H27ClN2O6S. The summed E-state index contributed by atoms with van der Waals surface area (Å²) in [5, 5.41) is 3.26. The van der Waals surface area contributed by atoms with Crippen LogP contribution < -0.4 is 19.5 Å². The molecule has 0 radical (unpaired) electrons. The van der Waals surface area contributed by atoms with Crippen molar-refractivity contribution < 1.29 is 27.4 Å². The van der Waals surface area contributed by atoms with E-state index in [0.29, 0.717) is 45.7 Å². The molecule has 0 aliphatic rings. The van der Waals surface area contributed by atoms with Gasteiger partial charge in [0.25, 0.3) is 5.91 Å². The number of sulfonamides is 1. The third-order valence-electron chi connectivity index (χ3n) is 5.18. The molecule has 0 aliphatic heterocycles. The molecule has 0 saturated carbocycles. The number of nitrogens with zero attached hydrogens (tertiary/aromatic N) is 1. The Morgan fingerprint density at radius 1 is 0.943 bits per heavy atom. The number of ether oxygens (including phenoxy) is 3. The molecule has 8 nitrogen and oxygen atoms in total. The number of rotatable bonds is 10. The summed E-state index contributed by atoms with van der Waals surface area (Å²) in [6.07, 6.45) is 0. The molecule has 1 N–H and O–H groups in total. The van der Waals surface area contributed by atoms with Gasteiger partial charge in [0.2, 0.25) is 10.0 Å². The number of carbonyl (C=O) groups is 1. The highest BCUT2D eigenvalue weighted by Gasteiger charge is 2.23. The van der Waals surface area contributed by atoms with Gasteiger partial charge in [-0.2, -0.15) is 4.31 Å². The van der Waals surface area contributed by atoms with Crippen LogP contribution in [0.3, 0.4) is 0 Å². The van der Waals surface area contributed by atoms with Crippen molar-refractivity contribution in [2.24, 2.45) is 0 Å². The van der Waals surface area contributed by atoms with Gasteiger partial charge >= 0.3 is 0 Å². The van der Waals surface area contributed by atoms with Crippen LogP contribution in [0, 0.1) is 0 Å². The van der Waals surface area contributed by atoms with Gasteiger partial charge in [-0.15, -0.1) is 0 Å². The first kappa shape index (κ1) is 26.3. The highest BCUT2D eigenvalue weighted by atomic mass is 35.5. The molecule has 10 heteroatoms. The maximum Gasteiger partial charge on any atom is 0.255 e. The zero-order valence-electron chi connectivity index (χ0n) is 19.9. The van der Waals surface area contributed by atoms with Gasteiger partial charge in [-0.25, -0.2) is 8.42 Å². The van der Waals surface area contributed by atoms with E-state index in [1.165, 1.54) is 49.8 Å². The number of anilines is 1. The first-order valence-electron chi connectivity index (χ1n) is 10.7. The van der Waals surface area contributed by atoms with Crippen molar-refractivity contribution in [3.63, 3.8) is 0 Å². The van der Waals surface area contributed by atoms with Gasteiger partial charge in [-0.3, -0.25) is 4.79 Å².